The summed E-state index contributed by atoms with van der Waals surface area (Å²) < 4.78 is 13.1. The van der Waals surface area contributed by atoms with Gasteiger partial charge in [0.2, 0.25) is 0 Å². The summed E-state index contributed by atoms with van der Waals surface area (Å²) in [5, 5.41) is 17.5. The van der Waals surface area contributed by atoms with E-state index in [9.17, 15) is 14.3 Å². The molecule has 2 N–H and O–H groups in total. The van der Waals surface area contributed by atoms with E-state index in [4.69, 9.17) is 16.7 Å². The van der Waals surface area contributed by atoms with Crippen LogP contribution in [0, 0.1) is 5.82 Å². The molecule has 0 fully saturated rings. The van der Waals surface area contributed by atoms with Crippen molar-refractivity contribution in [3.05, 3.63) is 28.5 Å². The normalized spacial score (nSPS) is 12.5. The minimum absolute atomic E-state index is 0.124. The Bertz CT molecular complexity index is 369. The molecule has 0 aliphatic rings. The number of hydrogen-bond donors (Lipinski definition) is 2. The molecule has 5 heteroatoms. The molecule has 1 unspecified atom stereocenters. The van der Waals surface area contributed by atoms with Gasteiger partial charge in [-0.3, -0.25) is 4.79 Å². The number of hydrogen-bond acceptors (Lipinski definition) is 2. The molecule has 0 aliphatic carbocycles. The number of benzene rings is 1. The summed E-state index contributed by atoms with van der Waals surface area (Å²) in [5.74, 6) is -2.47. The van der Waals surface area contributed by atoms with Crippen LogP contribution in [0.4, 0.5) is 4.39 Å². The van der Waals surface area contributed by atoms with Crippen molar-refractivity contribution in [3.8, 4) is 5.75 Å². The maximum atomic E-state index is 13.1. The monoisotopic (exact) mass is 232 g/mol. The number of carbonyl (C=O) groups is 1. The maximum absolute atomic E-state index is 13.1. The highest BCUT2D eigenvalue weighted by molar-refractivity contribution is 6.32. The first kappa shape index (κ1) is 11.8. The smallest absolute Gasteiger partial charge is 0.303 e. The highest BCUT2D eigenvalue weighted by Crippen LogP contribution is 2.31. The molecule has 0 saturated heterocycles. The standard InChI is InChI=1S/C10H10ClFO3/c1-5(2-9(14)15)6-3-7(12)10(11)8(13)4-6/h3-5,13H,2H2,1H3,(H,14,15). The Morgan fingerprint density at radius 3 is 2.67 bits per heavy atom. The third kappa shape index (κ3) is 2.83. The molecule has 1 atom stereocenters. The first-order valence-electron chi connectivity index (χ1n) is 4.31. The van der Waals surface area contributed by atoms with Crippen LogP contribution < -0.4 is 0 Å². The van der Waals surface area contributed by atoms with Crippen LogP contribution in [0.1, 0.15) is 24.8 Å². The van der Waals surface area contributed by atoms with Crippen molar-refractivity contribution in [2.45, 2.75) is 19.3 Å². The molecule has 0 spiro atoms. The van der Waals surface area contributed by atoms with Gasteiger partial charge in [0.25, 0.3) is 0 Å². The van der Waals surface area contributed by atoms with Gasteiger partial charge in [-0.15, -0.1) is 0 Å². The van der Waals surface area contributed by atoms with Crippen LogP contribution >= 0.6 is 11.6 Å². The minimum Gasteiger partial charge on any atom is -0.506 e. The third-order valence-electron chi connectivity index (χ3n) is 2.08. The van der Waals surface area contributed by atoms with Gasteiger partial charge in [0.05, 0.1) is 6.42 Å². The van der Waals surface area contributed by atoms with Crippen molar-refractivity contribution < 1.29 is 19.4 Å². The van der Waals surface area contributed by atoms with Crippen molar-refractivity contribution in [2.75, 3.05) is 0 Å². The van der Waals surface area contributed by atoms with Gasteiger partial charge < -0.3 is 10.2 Å². The van der Waals surface area contributed by atoms with E-state index in [1.165, 1.54) is 6.07 Å². The number of rotatable bonds is 3. The lowest BCUT2D eigenvalue weighted by molar-refractivity contribution is -0.137. The molecule has 0 aromatic heterocycles. The predicted octanol–water partition coefficient (Wildman–Crippen LogP) is 2.76. The first-order valence-corrected chi connectivity index (χ1v) is 4.69. The molecule has 0 amide bonds. The topological polar surface area (TPSA) is 57.5 Å². The summed E-state index contributed by atoms with van der Waals surface area (Å²) in [6, 6.07) is 2.41. The zero-order valence-electron chi connectivity index (χ0n) is 8.00. The first-order chi connectivity index (χ1) is 6.91. The van der Waals surface area contributed by atoms with Gasteiger partial charge in [0.15, 0.2) is 0 Å². The van der Waals surface area contributed by atoms with E-state index in [1.54, 1.807) is 6.92 Å². The van der Waals surface area contributed by atoms with Crippen LogP contribution in [0.3, 0.4) is 0 Å². The van der Waals surface area contributed by atoms with Crippen molar-refractivity contribution in [1.82, 2.24) is 0 Å². The summed E-state index contributed by atoms with van der Waals surface area (Å²) in [5.41, 5.74) is 0.414. The third-order valence-corrected chi connectivity index (χ3v) is 2.46. The van der Waals surface area contributed by atoms with Gasteiger partial charge >= 0.3 is 5.97 Å². The van der Waals surface area contributed by atoms with Crippen LogP contribution in [0.2, 0.25) is 5.02 Å². The van der Waals surface area contributed by atoms with Gasteiger partial charge in [0.1, 0.15) is 16.6 Å². The second-order valence-electron chi connectivity index (χ2n) is 3.33. The fraction of sp³-hybridized carbons (Fsp3) is 0.300. The molecule has 0 bridgehead atoms. The number of carboxylic acid groups (broad SMARTS) is 1. The largest absolute Gasteiger partial charge is 0.506 e. The summed E-state index contributed by atoms with van der Waals surface area (Å²) in [7, 11) is 0. The van der Waals surface area contributed by atoms with Crippen LogP contribution in [0.15, 0.2) is 12.1 Å². The van der Waals surface area contributed by atoms with E-state index in [1.807, 2.05) is 0 Å². The molecule has 15 heavy (non-hydrogen) atoms. The van der Waals surface area contributed by atoms with Gasteiger partial charge in [-0.25, -0.2) is 4.39 Å². The number of aromatic hydroxyl groups is 1. The molecule has 0 aliphatic heterocycles. The van der Waals surface area contributed by atoms with E-state index in [-0.39, 0.29) is 23.1 Å². The number of halogens is 2. The average molecular weight is 233 g/mol. The minimum atomic E-state index is -0.975. The maximum Gasteiger partial charge on any atom is 0.303 e. The number of phenolic OH excluding ortho intramolecular Hbond substituents is 1. The van der Waals surface area contributed by atoms with E-state index in [0.29, 0.717) is 5.56 Å². The van der Waals surface area contributed by atoms with Crippen LogP contribution in [-0.2, 0) is 4.79 Å². The van der Waals surface area contributed by atoms with Crippen molar-refractivity contribution in [3.63, 3.8) is 0 Å². The number of phenols is 1. The van der Waals surface area contributed by atoms with Gasteiger partial charge in [-0.2, -0.15) is 0 Å². The Balaban J connectivity index is 3.00. The number of carboxylic acids is 1. The predicted molar refractivity (Wildman–Crippen MR) is 53.7 cm³/mol. The fourth-order valence-electron chi connectivity index (χ4n) is 1.26. The lowest BCUT2D eigenvalue weighted by atomic mass is 9.97. The van der Waals surface area contributed by atoms with E-state index in [2.05, 4.69) is 0 Å². The number of aliphatic carboxylic acids is 1. The Morgan fingerprint density at radius 2 is 2.20 bits per heavy atom. The van der Waals surface area contributed by atoms with Gasteiger partial charge in [-0.1, -0.05) is 18.5 Å². The Kier molecular flexibility index (Phi) is 3.52. The van der Waals surface area contributed by atoms with E-state index in [0.717, 1.165) is 6.07 Å². The fourth-order valence-corrected chi connectivity index (χ4v) is 1.37. The average Bonchev–Trinajstić information content (AvgIpc) is 2.12. The zero-order chi connectivity index (χ0) is 11.6. The van der Waals surface area contributed by atoms with Crippen molar-refractivity contribution >= 4 is 17.6 Å². The lowest BCUT2D eigenvalue weighted by Crippen LogP contribution is -2.03. The van der Waals surface area contributed by atoms with Crippen LogP contribution in [-0.4, -0.2) is 16.2 Å². The van der Waals surface area contributed by atoms with E-state index < -0.39 is 11.8 Å². The molecule has 1 aromatic rings. The summed E-state index contributed by atoms with van der Waals surface area (Å²) in [6.45, 7) is 1.64. The summed E-state index contributed by atoms with van der Waals surface area (Å²) >= 11 is 5.42. The van der Waals surface area contributed by atoms with Crippen LogP contribution in [0.25, 0.3) is 0 Å². The Morgan fingerprint density at radius 1 is 1.60 bits per heavy atom. The van der Waals surface area contributed by atoms with Crippen molar-refractivity contribution in [1.29, 1.82) is 0 Å². The Labute approximate surface area is 91.1 Å². The molecule has 0 saturated carbocycles. The van der Waals surface area contributed by atoms with Crippen LogP contribution in [0.5, 0.6) is 5.75 Å². The SMILES string of the molecule is CC(CC(=O)O)c1cc(O)c(Cl)c(F)c1. The molecule has 3 nitrogen and oxygen atoms in total. The highest BCUT2D eigenvalue weighted by Gasteiger charge is 2.14. The molecule has 0 radical (unpaired) electrons. The zero-order valence-corrected chi connectivity index (χ0v) is 8.75. The Hall–Kier alpha value is -1.29. The second-order valence-corrected chi connectivity index (χ2v) is 3.71. The second kappa shape index (κ2) is 4.49. The molecular formula is C10H10ClFO3. The van der Waals surface area contributed by atoms with E-state index >= 15 is 0 Å². The molecule has 82 valence electrons. The molecule has 0 heterocycles. The molecule has 1 aromatic carbocycles. The van der Waals surface area contributed by atoms with Crippen molar-refractivity contribution in [2.24, 2.45) is 0 Å². The summed E-state index contributed by atoms with van der Waals surface area (Å²) in [6.07, 6.45) is -0.124. The highest BCUT2D eigenvalue weighted by atomic mass is 35.5. The van der Waals surface area contributed by atoms with Gasteiger partial charge in [-0.05, 0) is 23.6 Å². The quantitative estimate of drug-likeness (QED) is 0.843. The molecule has 1 rings (SSSR count). The molecular weight excluding hydrogens is 223 g/mol. The van der Waals surface area contributed by atoms with Gasteiger partial charge in [0, 0.05) is 0 Å². The lowest BCUT2D eigenvalue weighted by Gasteiger charge is -2.10. The summed E-state index contributed by atoms with van der Waals surface area (Å²) in [4.78, 5) is 10.4.